The first-order chi connectivity index (χ1) is 16.4. The summed E-state index contributed by atoms with van der Waals surface area (Å²) in [5.74, 6) is 0.0996. The zero-order chi connectivity index (χ0) is 24.2. The number of carbonyl (C=O) groups is 1. The number of ether oxygens (including phenoxy) is 2. The van der Waals surface area contributed by atoms with Crippen LogP contribution in [-0.2, 0) is 11.4 Å². The molecule has 3 aromatic carbocycles. The average Bonchev–Trinajstić information content (AvgIpc) is 3.03. The molecule has 3 aromatic rings. The third-order valence-electron chi connectivity index (χ3n) is 5.24. The minimum absolute atomic E-state index is 0.00552. The Kier molecular flexibility index (Phi) is 7.14. The van der Waals surface area contributed by atoms with E-state index in [2.05, 4.69) is 0 Å². The quantitative estimate of drug-likeness (QED) is 0.294. The number of amides is 1. The van der Waals surface area contributed by atoms with Crippen LogP contribution in [0.25, 0.3) is 6.08 Å². The van der Waals surface area contributed by atoms with Crippen molar-refractivity contribution in [1.82, 2.24) is 4.90 Å². The highest BCUT2D eigenvalue weighted by Gasteiger charge is 2.36. The van der Waals surface area contributed by atoms with E-state index in [-0.39, 0.29) is 23.4 Å². The number of benzene rings is 3. The van der Waals surface area contributed by atoms with Gasteiger partial charge in [0.25, 0.3) is 5.91 Å². The number of anilines is 1. The predicted octanol–water partition coefficient (Wildman–Crippen LogP) is 6.06. The van der Waals surface area contributed by atoms with Crippen molar-refractivity contribution in [3.8, 4) is 11.5 Å². The van der Waals surface area contributed by atoms with E-state index in [9.17, 15) is 9.18 Å². The molecule has 0 radical (unpaired) electrons. The predicted molar refractivity (Wildman–Crippen MR) is 136 cm³/mol. The Morgan fingerprint density at radius 3 is 2.47 bits per heavy atom. The molecule has 0 aliphatic carbocycles. The van der Waals surface area contributed by atoms with Gasteiger partial charge in [0, 0.05) is 12.6 Å². The molecule has 8 heteroatoms. The summed E-state index contributed by atoms with van der Waals surface area (Å²) in [6.45, 7) is 2.20. The van der Waals surface area contributed by atoms with Crippen molar-refractivity contribution >= 4 is 46.6 Å². The Morgan fingerprint density at radius 2 is 1.76 bits per heavy atom. The van der Waals surface area contributed by atoms with Crippen molar-refractivity contribution in [2.75, 3.05) is 18.6 Å². The lowest BCUT2D eigenvalue weighted by Crippen LogP contribution is -2.30. The van der Waals surface area contributed by atoms with Gasteiger partial charge in [-0.3, -0.25) is 9.69 Å². The van der Waals surface area contributed by atoms with Gasteiger partial charge in [0.2, 0.25) is 0 Å². The summed E-state index contributed by atoms with van der Waals surface area (Å²) in [7, 11) is 1.74. The van der Waals surface area contributed by atoms with E-state index in [4.69, 9.17) is 33.3 Å². The van der Waals surface area contributed by atoms with Crippen LogP contribution in [0.15, 0.2) is 72.4 Å². The lowest BCUT2D eigenvalue weighted by Gasteiger charge is -2.16. The third kappa shape index (κ3) is 4.76. The van der Waals surface area contributed by atoms with Crippen LogP contribution in [0.3, 0.4) is 0 Å². The maximum absolute atomic E-state index is 14.0. The van der Waals surface area contributed by atoms with Crippen LogP contribution < -0.4 is 14.4 Å². The van der Waals surface area contributed by atoms with E-state index in [1.165, 1.54) is 11.0 Å². The molecule has 0 bridgehead atoms. The fourth-order valence-corrected chi connectivity index (χ4v) is 4.12. The average molecular weight is 497 g/mol. The summed E-state index contributed by atoms with van der Waals surface area (Å²) >= 11 is 12.0. The fourth-order valence-electron chi connectivity index (χ4n) is 3.56. The monoisotopic (exact) mass is 496 g/mol. The van der Waals surface area contributed by atoms with Crippen LogP contribution in [0.2, 0.25) is 5.02 Å². The molecule has 1 aliphatic heterocycles. The molecule has 0 unspecified atom stereocenters. The first-order valence-electron chi connectivity index (χ1n) is 10.6. The van der Waals surface area contributed by atoms with E-state index >= 15 is 0 Å². The zero-order valence-corrected chi connectivity index (χ0v) is 20.2. The zero-order valence-electron chi connectivity index (χ0n) is 18.6. The number of nitrogens with zero attached hydrogens (tertiary/aromatic N) is 2. The van der Waals surface area contributed by atoms with Gasteiger partial charge in [0.05, 0.1) is 17.3 Å². The van der Waals surface area contributed by atoms with Crippen molar-refractivity contribution in [3.05, 3.63) is 94.4 Å². The minimum atomic E-state index is -0.361. The molecule has 5 nitrogen and oxygen atoms in total. The van der Waals surface area contributed by atoms with Gasteiger partial charge in [-0.25, -0.2) is 4.39 Å². The van der Waals surface area contributed by atoms with Gasteiger partial charge in [-0.1, -0.05) is 48.0 Å². The maximum atomic E-state index is 14.0. The number of thiocarbonyl (C=S) groups is 1. The number of rotatable bonds is 7. The first-order valence-corrected chi connectivity index (χ1v) is 11.4. The molecule has 0 aromatic heterocycles. The van der Waals surface area contributed by atoms with Crippen molar-refractivity contribution in [2.24, 2.45) is 0 Å². The highest BCUT2D eigenvalue weighted by atomic mass is 35.5. The van der Waals surface area contributed by atoms with Crippen molar-refractivity contribution in [3.63, 3.8) is 0 Å². The van der Waals surface area contributed by atoms with Gasteiger partial charge in [-0.2, -0.15) is 0 Å². The molecule has 0 saturated carbocycles. The van der Waals surface area contributed by atoms with Gasteiger partial charge < -0.3 is 14.4 Å². The van der Waals surface area contributed by atoms with Crippen molar-refractivity contribution in [1.29, 1.82) is 0 Å². The number of para-hydroxylation sites is 1. The molecule has 0 N–H and O–H groups in total. The lowest BCUT2D eigenvalue weighted by atomic mass is 10.1. The number of halogens is 2. The highest BCUT2D eigenvalue weighted by molar-refractivity contribution is 7.80. The Morgan fingerprint density at radius 1 is 1.06 bits per heavy atom. The van der Waals surface area contributed by atoms with Crippen LogP contribution in [0.1, 0.15) is 18.1 Å². The number of carbonyl (C=O) groups excluding carboxylic acids is 1. The summed E-state index contributed by atoms with van der Waals surface area (Å²) in [5.41, 5.74) is 2.13. The number of likely N-dealkylation sites (N-methyl/N-ethyl adjacent to an activating group) is 1. The van der Waals surface area contributed by atoms with E-state index in [0.717, 1.165) is 0 Å². The smallest absolute Gasteiger partial charge is 0.281 e. The van der Waals surface area contributed by atoms with Gasteiger partial charge in [0.15, 0.2) is 16.6 Å². The Hall–Kier alpha value is -3.42. The molecule has 34 heavy (non-hydrogen) atoms. The van der Waals surface area contributed by atoms with Gasteiger partial charge in [-0.15, -0.1) is 0 Å². The molecule has 0 spiro atoms. The van der Waals surface area contributed by atoms with E-state index in [1.807, 2.05) is 37.3 Å². The summed E-state index contributed by atoms with van der Waals surface area (Å²) in [6.07, 6.45) is 1.70. The van der Waals surface area contributed by atoms with Crippen LogP contribution >= 0.6 is 23.8 Å². The second-order valence-corrected chi connectivity index (χ2v) is 8.26. The second-order valence-electron chi connectivity index (χ2n) is 7.49. The Labute approximate surface area is 208 Å². The topological polar surface area (TPSA) is 42.0 Å². The van der Waals surface area contributed by atoms with E-state index in [1.54, 1.807) is 48.4 Å². The summed E-state index contributed by atoms with van der Waals surface area (Å²) < 4.78 is 25.6. The van der Waals surface area contributed by atoms with Crippen LogP contribution in [0.5, 0.6) is 11.5 Å². The largest absolute Gasteiger partial charge is 0.490 e. The molecule has 1 aliphatic rings. The summed E-state index contributed by atoms with van der Waals surface area (Å²) in [6, 6.07) is 19.0. The van der Waals surface area contributed by atoms with Crippen LogP contribution in [0, 0.1) is 5.82 Å². The molecular weight excluding hydrogens is 475 g/mol. The van der Waals surface area contributed by atoms with Gasteiger partial charge in [-0.05, 0) is 61.1 Å². The van der Waals surface area contributed by atoms with E-state index < -0.39 is 0 Å². The van der Waals surface area contributed by atoms with Crippen molar-refractivity contribution in [2.45, 2.75) is 13.5 Å². The second kappa shape index (κ2) is 10.2. The third-order valence-corrected chi connectivity index (χ3v) is 5.98. The molecule has 1 amide bonds. The maximum Gasteiger partial charge on any atom is 0.281 e. The van der Waals surface area contributed by atoms with Crippen LogP contribution in [-0.4, -0.2) is 29.6 Å². The molecule has 0 atom stereocenters. The Balaban J connectivity index is 1.65. The molecule has 174 valence electrons. The summed E-state index contributed by atoms with van der Waals surface area (Å²) in [5, 5.41) is 0.660. The SMILES string of the molecule is CCOc1cc(/C=C2/C(=O)N(c3ccccc3)C(=S)N2C)cc(Cl)c1OCc1ccccc1F. The lowest BCUT2D eigenvalue weighted by molar-refractivity contribution is -0.114. The number of hydrogen-bond donors (Lipinski definition) is 0. The number of hydrogen-bond acceptors (Lipinski definition) is 4. The highest BCUT2D eigenvalue weighted by Crippen LogP contribution is 2.38. The molecular formula is C26H22ClFN2O3S. The summed E-state index contributed by atoms with van der Waals surface area (Å²) in [4.78, 5) is 16.3. The fraction of sp³-hybridized carbons (Fsp3) is 0.154. The van der Waals surface area contributed by atoms with Crippen molar-refractivity contribution < 1.29 is 18.7 Å². The standard InChI is InChI=1S/C26H22ClFN2O3S/c1-3-32-23-15-17(13-20(27)24(23)33-16-18-9-7-8-12-21(18)28)14-22-25(31)30(26(34)29(22)2)19-10-5-4-6-11-19/h4-15H,3,16H2,1-2H3/b22-14-. The van der Waals surface area contributed by atoms with Gasteiger partial charge >= 0.3 is 0 Å². The van der Waals surface area contributed by atoms with Gasteiger partial charge in [0.1, 0.15) is 18.1 Å². The Bertz CT molecular complexity index is 1270. The molecule has 1 heterocycles. The molecule has 1 saturated heterocycles. The first kappa shape index (κ1) is 23.7. The van der Waals surface area contributed by atoms with E-state index in [0.29, 0.717) is 45.7 Å². The molecule has 4 rings (SSSR count). The minimum Gasteiger partial charge on any atom is -0.490 e. The molecule has 1 fully saturated rings. The normalized spacial score (nSPS) is 14.8. The van der Waals surface area contributed by atoms with Crippen LogP contribution in [0.4, 0.5) is 10.1 Å².